The van der Waals surface area contributed by atoms with Crippen LogP contribution < -0.4 is 0 Å². The van der Waals surface area contributed by atoms with Crippen LogP contribution in [0, 0.1) is 11.3 Å². The number of hydrogen-bond donors (Lipinski definition) is 1. The predicted molar refractivity (Wildman–Crippen MR) is 70.2 cm³/mol. The normalized spacial score (nSPS) is 18.8. The Labute approximate surface area is 110 Å². The molecule has 104 valence electrons. The number of nitrogens with zero attached hydrogens (tertiary/aromatic N) is 3. The zero-order valence-corrected chi connectivity index (χ0v) is 11.3. The molecule has 0 aromatic rings. The van der Waals surface area contributed by atoms with Gasteiger partial charge in [0.05, 0.1) is 25.4 Å². The molecule has 1 heterocycles. The van der Waals surface area contributed by atoms with Gasteiger partial charge < -0.3 is 14.7 Å². The second-order valence-electron chi connectivity index (χ2n) is 4.94. The van der Waals surface area contributed by atoms with Gasteiger partial charge in [0, 0.05) is 32.6 Å². The molecule has 1 aliphatic rings. The van der Waals surface area contributed by atoms with Gasteiger partial charge in [0.1, 0.15) is 0 Å². The summed E-state index contributed by atoms with van der Waals surface area (Å²) < 4.78 is 5.28. The number of hydrogen-bond acceptors (Lipinski definition) is 5. The van der Waals surface area contributed by atoms with E-state index in [9.17, 15) is 5.11 Å². The summed E-state index contributed by atoms with van der Waals surface area (Å²) in [5.41, 5.74) is 0. The Morgan fingerprint density at radius 1 is 1.39 bits per heavy atom. The van der Waals surface area contributed by atoms with E-state index >= 15 is 0 Å². The van der Waals surface area contributed by atoms with Gasteiger partial charge in [-0.25, -0.2) is 0 Å². The zero-order valence-electron chi connectivity index (χ0n) is 11.3. The maximum atomic E-state index is 10.00. The fourth-order valence-corrected chi connectivity index (χ4v) is 2.18. The summed E-state index contributed by atoms with van der Waals surface area (Å²) in [5, 5.41) is 18.4. The minimum absolute atomic E-state index is 0.302. The zero-order chi connectivity index (χ0) is 13.2. The van der Waals surface area contributed by atoms with Crippen LogP contribution in [-0.2, 0) is 4.74 Å². The van der Waals surface area contributed by atoms with Crippen molar-refractivity contribution in [1.29, 1.82) is 5.26 Å². The van der Waals surface area contributed by atoms with Crippen LogP contribution in [0.2, 0.25) is 0 Å². The van der Waals surface area contributed by atoms with Gasteiger partial charge in [-0.05, 0) is 26.4 Å². The summed E-state index contributed by atoms with van der Waals surface area (Å²) in [6, 6.07) is 2.15. The molecule has 1 N–H and O–H groups in total. The van der Waals surface area contributed by atoms with Crippen molar-refractivity contribution in [2.24, 2.45) is 0 Å². The number of morpholine rings is 1. The van der Waals surface area contributed by atoms with Gasteiger partial charge in [-0.15, -0.1) is 0 Å². The molecule has 0 aromatic heterocycles. The Kier molecular flexibility index (Phi) is 7.94. The van der Waals surface area contributed by atoms with Gasteiger partial charge in [0.2, 0.25) is 0 Å². The van der Waals surface area contributed by atoms with Gasteiger partial charge in [0.15, 0.2) is 0 Å². The van der Waals surface area contributed by atoms with Crippen molar-refractivity contribution in [3.05, 3.63) is 0 Å². The molecule has 0 amide bonds. The molecule has 5 heteroatoms. The molecular formula is C13H25N3O2. The minimum atomic E-state index is -0.302. The number of β-amino-alcohol motifs (C(OH)–C–C–N with tert-alkyl or cyclic N) is 1. The highest BCUT2D eigenvalue weighted by atomic mass is 16.5. The average molecular weight is 255 g/mol. The van der Waals surface area contributed by atoms with Crippen LogP contribution in [0.25, 0.3) is 0 Å². The van der Waals surface area contributed by atoms with Crippen molar-refractivity contribution in [2.75, 3.05) is 53.0 Å². The molecule has 0 saturated carbocycles. The smallest absolute Gasteiger partial charge is 0.0793 e. The molecule has 0 spiro atoms. The van der Waals surface area contributed by atoms with Crippen molar-refractivity contribution in [3.8, 4) is 6.07 Å². The van der Waals surface area contributed by atoms with Crippen LogP contribution in [0.3, 0.4) is 0 Å². The number of unbranched alkanes of at least 4 members (excludes halogenated alkanes) is 2. The van der Waals surface area contributed by atoms with Crippen LogP contribution in [0.4, 0.5) is 0 Å². The van der Waals surface area contributed by atoms with Crippen molar-refractivity contribution in [2.45, 2.75) is 25.4 Å². The molecule has 1 atom stereocenters. The quantitative estimate of drug-likeness (QED) is 0.632. The Bertz CT molecular complexity index is 249. The fourth-order valence-electron chi connectivity index (χ4n) is 2.18. The first kappa shape index (κ1) is 15.4. The van der Waals surface area contributed by atoms with Crippen LogP contribution >= 0.6 is 0 Å². The molecule has 1 unspecified atom stereocenters. The molecule has 18 heavy (non-hydrogen) atoms. The summed E-state index contributed by atoms with van der Waals surface area (Å²) in [4.78, 5) is 4.39. The summed E-state index contributed by atoms with van der Waals surface area (Å²) >= 11 is 0. The van der Waals surface area contributed by atoms with E-state index in [1.807, 2.05) is 7.05 Å². The number of aliphatic hydroxyl groups excluding tert-OH is 1. The SMILES string of the molecule is CN(CCCCC#N)CC(O)CN1CCOCC1. The van der Waals surface area contributed by atoms with Crippen molar-refractivity contribution < 1.29 is 9.84 Å². The number of rotatable bonds is 8. The van der Waals surface area contributed by atoms with E-state index in [1.165, 1.54) is 0 Å². The van der Waals surface area contributed by atoms with Gasteiger partial charge >= 0.3 is 0 Å². The molecule has 0 bridgehead atoms. The Morgan fingerprint density at radius 2 is 2.11 bits per heavy atom. The Morgan fingerprint density at radius 3 is 2.78 bits per heavy atom. The van der Waals surface area contributed by atoms with Crippen molar-refractivity contribution >= 4 is 0 Å². The summed E-state index contributed by atoms with van der Waals surface area (Å²) in [6.07, 6.45) is 2.29. The van der Waals surface area contributed by atoms with Crippen molar-refractivity contribution in [1.82, 2.24) is 9.80 Å². The fraction of sp³-hybridized carbons (Fsp3) is 0.923. The van der Waals surface area contributed by atoms with E-state index in [1.54, 1.807) is 0 Å². The molecule has 1 rings (SSSR count). The molecule has 5 nitrogen and oxygen atoms in total. The summed E-state index contributed by atoms with van der Waals surface area (Å²) in [5.74, 6) is 0. The van der Waals surface area contributed by atoms with E-state index in [-0.39, 0.29) is 6.10 Å². The monoisotopic (exact) mass is 255 g/mol. The molecule has 1 saturated heterocycles. The largest absolute Gasteiger partial charge is 0.390 e. The predicted octanol–water partition coefficient (Wildman–Crippen LogP) is 0.305. The second-order valence-corrected chi connectivity index (χ2v) is 4.94. The van der Waals surface area contributed by atoms with Gasteiger partial charge in [-0.1, -0.05) is 0 Å². The van der Waals surface area contributed by atoms with E-state index < -0.39 is 0 Å². The number of ether oxygens (including phenoxy) is 1. The first-order valence-electron chi connectivity index (χ1n) is 6.76. The lowest BCUT2D eigenvalue weighted by atomic mass is 10.2. The lowest BCUT2D eigenvalue weighted by Gasteiger charge is -2.30. The number of aliphatic hydroxyl groups is 1. The molecule has 0 radical (unpaired) electrons. The topological polar surface area (TPSA) is 59.7 Å². The standard InChI is InChI=1S/C13H25N3O2/c1-15(6-4-2-3-5-14)11-13(17)12-16-7-9-18-10-8-16/h13,17H,2-4,6-12H2,1H3. The van der Waals surface area contributed by atoms with Crippen LogP contribution in [0.5, 0.6) is 0 Å². The molecule has 1 fully saturated rings. The van der Waals surface area contributed by atoms with Crippen LogP contribution in [0.15, 0.2) is 0 Å². The van der Waals surface area contributed by atoms with Crippen molar-refractivity contribution in [3.63, 3.8) is 0 Å². The van der Waals surface area contributed by atoms with E-state index in [2.05, 4.69) is 15.9 Å². The number of likely N-dealkylation sites (N-methyl/N-ethyl adjacent to an activating group) is 1. The first-order valence-corrected chi connectivity index (χ1v) is 6.76. The highest BCUT2D eigenvalue weighted by Gasteiger charge is 2.15. The van der Waals surface area contributed by atoms with E-state index in [4.69, 9.17) is 10.00 Å². The molecular weight excluding hydrogens is 230 g/mol. The highest BCUT2D eigenvalue weighted by molar-refractivity contribution is 4.71. The van der Waals surface area contributed by atoms with Gasteiger partial charge in [0.25, 0.3) is 0 Å². The minimum Gasteiger partial charge on any atom is -0.390 e. The maximum Gasteiger partial charge on any atom is 0.0793 e. The highest BCUT2D eigenvalue weighted by Crippen LogP contribution is 2.01. The molecule has 1 aliphatic heterocycles. The van der Waals surface area contributed by atoms with Gasteiger partial charge in [-0.3, -0.25) is 4.90 Å². The summed E-state index contributed by atoms with van der Waals surface area (Å²) in [6.45, 7) is 5.76. The Hall–Kier alpha value is -0.670. The van der Waals surface area contributed by atoms with Crippen LogP contribution in [0.1, 0.15) is 19.3 Å². The molecule has 0 aliphatic carbocycles. The third-order valence-corrected chi connectivity index (χ3v) is 3.17. The third kappa shape index (κ3) is 6.92. The lowest BCUT2D eigenvalue weighted by Crippen LogP contribution is -2.44. The maximum absolute atomic E-state index is 10.00. The average Bonchev–Trinajstić information content (AvgIpc) is 2.35. The third-order valence-electron chi connectivity index (χ3n) is 3.17. The van der Waals surface area contributed by atoms with E-state index in [0.717, 1.165) is 52.2 Å². The molecule has 0 aromatic carbocycles. The lowest BCUT2D eigenvalue weighted by molar-refractivity contribution is 0.00865. The van der Waals surface area contributed by atoms with E-state index in [0.29, 0.717) is 13.0 Å². The summed E-state index contributed by atoms with van der Waals surface area (Å²) in [7, 11) is 2.02. The van der Waals surface area contributed by atoms with Gasteiger partial charge in [-0.2, -0.15) is 5.26 Å². The van der Waals surface area contributed by atoms with Crippen LogP contribution in [-0.4, -0.2) is 74.0 Å². The second kappa shape index (κ2) is 9.29. The first-order chi connectivity index (χ1) is 8.72. The number of nitriles is 1. The Balaban J connectivity index is 2.06.